The molecule has 5 nitrogen and oxygen atoms in total. The molecule has 1 unspecified atom stereocenters. The number of nitrogens with zero attached hydrogens (tertiary/aromatic N) is 2. The smallest absolute Gasteiger partial charge is 0.137 e. The molecule has 0 saturated heterocycles. The predicted molar refractivity (Wildman–Crippen MR) is 71.9 cm³/mol. The molecule has 1 aromatic heterocycles. The average Bonchev–Trinajstić information content (AvgIpc) is 2.92. The monoisotopic (exact) mass is 258 g/mol. The first-order valence-corrected chi connectivity index (χ1v) is 6.72. The molecule has 19 heavy (non-hydrogen) atoms. The van der Waals surface area contributed by atoms with Crippen molar-refractivity contribution < 1.29 is 5.11 Å². The maximum absolute atomic E-state index is 9.63. The van der Waals surface area contributed by atoms with Crippen molar-refractivity contribution in [1.29, 1.82) is 0 Å². The fourth-order valence-corrected chi connectivity index (χ4v) is 2.71. The van der Waals surface area contributed by atoms with Crippen molar-refractivity contribution in [2.45, 2.75) is 31.7 Å². The maximum Gasteiger partial charge on any atom is 0.137 e. The van der Waals surface area contributed by atoms with Crippen LogP contribution in [0.5, 0.6) is 5.75 Å². The van der Waals surface area contributed by atoms with Crippen molar-refractivity contribution in [2.24, 2.45) is 0 Å². The van der Waals surface area contributed by atoms with Gasteiger partial charge < -0.3 is 10.4 Å². The highest BCUT2D eigenvalue weighted by molar-refractivity contribution is 5.38. The van der Waals surface area contributed by atoms with Crippen LogP contribution in [-0.4, -0.2) is 26.8 Å². The highest BCUT2D eigenvalue weighted by Crippen LogP contribution is 2.31. The fourth-order valence-electron chi connectivity index (χ4n) is 2.71. The summed E-state index contributed by atoms with van der Waals surface area (Å²) in [6.45, 7) is 0.856. The third kappa shape index (κ3) is 2.76. The number of aromatic amines is 1. The third-order valence-electron chi connectivity index (χ3n) is 3.66. The van der Waals surface area contributed by atoms with Gasteiger partial charge in [0.15, 0.2) is 0 Å². The first-order chi connectivity index (χ1) is 9.33. The van der Waals surface area contributed by atoms with Gasteiger partial charge in [0.25, 0.3) is 0 Å². The summed E-state index contributed by atoms with van der Waals surface area (Å²) in [5.74, 6) is 1.25. The summed E-state index contributed by atoms with van der Waals surface area (Å²) >= 11 is 0. The Morgan fingerprint density at radius 1 is 1.42 bits per heavy atom. The molecule has 3 N–H and O–H groups in total. The van der Waals surface area contributed by atoms with Gasteiger partial charge in [-0.05, 0) is 42.5 Å². The van der Waals surface area contributed by atoms with Gasteiger partial charge in [-0.2, -0.15) is 5.10 Å². The van der Waals surface area contributed by atoms with Crippen LogP contribution in [0.15, 0.2) is 24.5 Å². The fraction of sp³-hybridized carbons (Fsp3) is 0.429. The van der Waals surface area contributed by atoms with Gasteiger partial charge in [0, 0.05) is 19.0 Å². The molecule has 5 heteroatoms. The molecule has 0 radical (unpaired) electrons. The molecule has 1 aromatic carbocycles. The molecule has 0 amide bonds. The van der Waals surface area contributed by atoms with E-state index in [0.29, 0.717) is 11.8 Å². The van der Waals surface area contributed by atoms with E-state index in [1.54, 1.807) is 6.07 Å². The van der Waals surface area contributed by atoms with Crippen LogP contribution in [0.4, 0.5) is 0 Å². The number of H-pyrrole nitrogens is 1. The molecule has 2 aromatic rings. The molecule has 0 fully saturated rings. The van der Waals surface area contributed by atoms with Crippen molar-refractivity contribution >= 4 is 0 Å². The second kappa shape index (κ2) is 5.40. The van der Waals surface area contributed by atoms with Crippen LogP contribution in [0.2, 0.25) is 0 Å². The lowest BCUT2D eigenvalue weighted by atomic mass is 9.87. The number of phenols is 1. The highest BCUT2D eigenvalue weighted by atomic mass is 16.3. The second-order valence-electron chi connectivity index (χ2n) is 4.96. The van der Waals surface area contributed by atoms with Crippen LogP contribution in [-0.2, 0) is 12.8 Å². The number of aryl methyl sites for hydroxylation is 1. The van der Waals surface area contributed by atoms with E-state index in [0.717, 1.165) is 31.6 Å². The van der Waals surface area contributed by atoms with Crippen LogP contribution < -0.4 is 5.32 Å². The minimum Gasteiger partial charge on any atom is -0.508 e. The number of hydrogen-bond donors (Lipinski definition) is 3. The standard InChI is InChI=1S/C14H18N4O/c19-11-5-4-10-2-1-3-13(12(10)8-11)15-7-6-14-16-9-17-18-14/h4-5,8-9,13,15,19H,1-3,6-7H2,(H,16,17,18). The van der Waals surface area contributed by atoms with Gasteiger partial charge in [-0.15, -0.1) is 0 Å². The van der Waals surface area contributed by atoms with E-state index in [-0.39, 0.29) is 0 Å². The second-order valence-corrected chi connectivity index (χ2v) is 4.96. The molecule has 0 spiro atoms. The lowest BCUT2D eigenvalue weighted by Gasteiger charge is -2.26. The summed E-state index contributed by atoms with van der Waals surface area (Å²) in [6.07, 6.45) is 5.79. The highest BCUT2D eigenvalue weighted by Gasteiger charge is 2.19. The van der Waals surface area contributed by atoms with E-state index in [2.05, 4.69) is 20.5 Å². The molecular weight excluding hydrogens is 240 g/mol. The molecule has 1 atom stereocenters. The summed E-state index contributed by atoms with van der Waals surface area (Å²) in [4.78, 5) is 4.11. The number of benzene rings is 1. The van der Waals surface area contributed by atoms with E-state index >= 15 is 0 Å². The van der Waals surface area contributed by atoms with Crippen molar-refractivity contribution in [3.05, 3.63) is 41.5 Å². The van der Waals surface area contributed by atoms with Crippen LogP contribution in [0.3, 0.4) is 0 Å². The van der Waals surface area contributed by atoms with Crippen LogP contribution in [0.25, 0.3) is 0 Å². The summed E-state index contributed by atoms with van der Waals surface area (Å²) in [7, 11) is 0. The number of hydrogen-bond acceptors (Lipinski definition) is 4. The Kier molecular flexibility index (Phi) is 3.46. The van der Waals surface area contributed by atoms with E-state index in [4.69, 9.17) is 0 Å². The number of nitrogens with one attached hydrogen (secondary N) is 2. The molecular formula is C14H18N4O. The number of aromatic nitrogens is 3. The van der Waals surface area contributed by atoms with E-state index in [1.165, 1.54) is 23.9 Å². The Bertz CT molecular complexity index is 538. The first-order valence-electron chi connectivity index (χ1n) is 6.72. The van der Waals surface area contributed by atoms with Crippen LogP contribution in [0, 0.1) is 0 Å². The van der Waals surface area contributed by atoms with Gasteiger partial charge in [-0.3, -0.25) is 5.10 Å². The van der Waals surface area contributed by atoms with Gasteiger partial charge >= 0.3 is 0 Å². The van der Waals surface area contributed by atoms with Crippen LogP contribution >= 0.6 is 0 Å². The number of phenolic OH excluding ortho intramolecular Hbond substituents is 1. The lowest BCUT2D eigenvalue weighted by Crippen LogP contribution is -2.27. The Morgan fingerprint density at radius 2 is 2.37 bits per heavy atom. The van der Waals surface area contributed by atoms with E-state index in [1.807, 2.05) is 12.1 Å². The summed E-state index contributed by atoms with van der Waals surface area (Å²) in [5.41, 5.74) is 2.59. The molecule has 0 aliphatic heterocycles. The maximum atomic E-state index is 9.63. The summed E-state index contributed by atoms with van der Waals surface area (Å²) in [6, 6.07) is 6.03. The summed E-state index contributed by atoms with van der Waals surface area (Å²) < 4.78 is 0. The number of fused-ring (bicyclic) bond motifs is 1. The zero-order valence-electron chi connectivity index (χ0n) is 10.8. The van der Waals surface area contributed by atoms with Crippen molar-refractivity contribution in [3.63, 3.8) is 0 Å². The zero-order chi connectivity index (χ0) is 13.1. The van der Waals surface area contributed by atoms with Gasteiger partial charge in [0.05, 0.1) is 0 Å². The largest absolute Gasteiger partial charge is 0.508 e. The van der Waals surface area contributed by atoms with Gasteiger partial charge in [0.2, 0.25) is 0 Å². The SMILES string of the molecule is Oc1ccc2c(c1)C(NCCc1ncn[nH]1)CCC2. The molecule has 0 bridgehead atoms. The lowest BCUT2D eigenvalue weighted by molar-refractivity contribution is 0.447. The van der Waals surface area contributed by atoms with E-state index in [9.17, 15) is 5.11 Å². The molecule has 0 saturated carbocycles. The molecule has 3 rings (SSSR count). The van der Waals surface area contributed by atoms with Crippen molar-refractivity contribution in [3.8, 4) is 5.75 Å². The van der Waals surface area contributed by atoms with E-state index < -0.39 is 0 Å². The van der Waals surface area contributed by atoms with Gasteiger partial charge in [-0.1, -0.05) is 6.07 Å². The Hall–Kier alpha value is -1.88. The quantitative estimate of drug-likeness (QED) is 0.780. The molecule has 1 heterocycles. The minimum absolute atomic E-state index is 0.332. The molecule has 1 aliphatic rings. The molecule has 100 valence electrons. The number of rotatable bonds is 4. The zero-order valence-corrected chi connectivity index (χ0v) is 10.8. The Balaban J connectivity index is 1.64. The van der Waals surface area contributed by atoms with Gasteiger partial charge in [0.1, 0.15) is 17.9 Å². The number of aromatic hydroxyl groups is 1. The Labute approximate surface area is 112 Å². The van der Waals surface area contributed by atoms with Gasteiger partial charge in [-0.25, -0.2) is 4.98 Å². The van der Waals surface area contributed by atoms with Crippen molar-refractivity contribution in [2.75, 3.05) is 6.54 Å². The van der Waals surface area contributed by atoms with Crippen LogP contribution in [0.1, 0.15) is 35.8 Å². The normalized spacial score (nSPS) is 18.2. The third-order valence-corrected chi connectivity index (χ3v) is 3.66. The predicted octanol–water partition coefficient (Wildman–Crippen LogP) is 1.72. The average molecular weight is 258 g/mol. The summed E-state index contributed by atoms with van der Waals surface area (Å²) in [5, 5.41) is 19.9. The topological polar surface area (TPSA) is 73.8 Å². The Morgan fingerprint density at radius 3 is 3.21 bits per heavy atom. The molecule has 1 aliphatic carbocycles. The first kappa shape index (κ1) is 12.2. The minimum atomic E-state index is 0.332. The van der Waals surface area contributed by atoms with Crippen molar-refractivity contribution in [1.82, 2.24) is 20.5 Å².